The first-order chi connectivity index (χ1) is 12.3. The van der Waals surface area contributed by atoms with Gasteiger partial charge in [0.05, 0.1) is 6.08 Å². The van der Waals surface area contributed by atoms with Gasteiger partial charge in [-0.15, -0.1) is 0 Å². The van der Waals surface area contributed by atoms with Crippen LogP contribution in [0.3, 0.4) is 0 Å². The van der Waals surface area contributed by atoms with Crippen LogP contribution in [0.2, 0.25) is 0 Å². The molecule has 0 aliphatic rings. The van der Waals surface area contributed by atoms with Gasteiger partial charge in [-0.2, -0.15) is 0 Å². The van der Waals surface area contributed by atoms with E-state index in [-0.39, 0.29) is 23.5 Å². The molecular formula is C18H16O8. The number of hydrogen-bond acceptors (Lipinski definition) is 7. The zero-order chi connectivity index (χ0) is 19.3. The van der Waals surface area contributed by atoms with Crippen molar-refractivity contribution >= 4 is 17.7 Å². The van der Waals surface area contributed by atoms with Gasteiger partial charge in [0.2, 0.25) is 6.10 Å². The molecule has 0 radical (unpaired) electrons. The summed E-state index contributed by atoms with van der Waals surface area (Å²) in [6, 6.07) is 9.06. The van der Waals surface area contributed by atoms with E-state index in [1.165, 1.54) is 36.4 Å². The molecule has 0 saturated carbocycles. The maximum atomic E-state index is 11.9. The molecule has 0 fully saturated rings. The van der Waals surface area contributed by atoms with Crippen LogP contribution in [0.1, 0.15) is 11.1 Å². The van der Waals surface area contributed by atoms with E-state index < -0.39 is 29.6 Å². The largest absolute Gasteiger partial charge is 0.508 e. The molecule has 0 amide bonds. The van der Waals surface area contributed by atoms with Gasteiger partial charge in [-0.05, 0) is 42.0 Å². The Bertz CT molecular complexity index is 839. The lowest BCUT2D eigenvalue weighted by molar-refractivity contribution is -0.160. The number of phenols is 3. The quantitative estimate of drug-likeness (QED) is 0.227. The zero-order valence-electron chi connectivity index (χ0n) is 13.4. The van der Waals surface area contributed by atoms with Crippen molar-refractivity contribution in [3.63, 3.8) is 0 Å². The van der Waals surface area contributed by atoms with Crippen LogP contribution < -0.4 is 0 Å². The van der Waals surface area contributed by atoms with Crippen molar-refractivity contribution in [2.45, 2.75) is 12.5 Å². The number of hydrogen-bond donors (Lipinski definition) is 5. The Morgan fingerprint density at radius 3 is 2.19 bits per heavy atom. The third-order valence-electron chi connectivity index (χ3n) is 3.41. The third kappa shape index (κ3) is 4.91. The Morgan fingerprint density at radius 1 is 0.962 bits per heavy atom. The second-order valence-electron chi connectivity index (χ2n) is 5.37. The van der Waals surface area contributed by atoms with E-state index >= 15 is 0 Å². The van der Waals surface area contributed by atoms with Crippen LogP contribution in [-0.4, -0.2) is 43.6 Å². The molecule has 2 aromatic rings. The van der Waals surface area contributed by atoms with Crippen LogP contribution in [0.15, 0.2) is 48.5 Å². The fourth-order valence-corrected chi connectivity index (χ4v) is 2.09. The van der Waals surface area contributed by atoms with Crippen molar-refractivity contribution in [1.29, 1.82) is 0 Å². The summed E-state index contributed by atoms with van der Waals surface area (Å²) in [4.78, 5) is 23.1. The van der Waals surface area contributed by atoms with E-state index in [1.54, 1.807) is 0 Å². The highest BCUT2D eigenvalue weighted by Crippen LogP contribution is 2.25. The van der Waals surface area contributed by atoms with Crippen LogP contribution >= 0.6 is 0 Å². The summed E-state index contributed by atoms with van der Waals surface area (Å²) in [7, 11) is 0. The minimum atomic E-state index is -1.56. The van der Waals surface area contributed by atoms with E-state index in [2.05, 4.69) is 0 Å². The van der Waals surface area contributed by atoms with Gasteiger partial charge < -0.3 is 30.3 Å². The Kier molecular flexibility index (Phi) is 5.69. The number of rotatable bonds is 6. The van der Waals surface area contributed by atoms with Gasteiger partial charge in [-0.1, -0.05) is 6.07 Å². The number of aliphatic carboxylic acids is 1. The van der Waals surface area contributed by atoms with Gasteiger partial charge in [-0.3, -0.25) is 0 Å². The molecule has 2 rings (SSSR count). The van der Waals surface area contributed by atoms with Crippen LogP contribution in [0, 0.1) is 0 Å². The highest BCUT2D eigenvalue weighted by molar-refractivity contribution is 5.91. The minimum Gasteiger partial charge on any atom is -0.508 e. The number of carbonyl (C=O) groups excluding carboxylic acids is 1. The highest BCUT2D eigenvalue weighted by atomic mass is 16.6. The van der Waals surface area contributed by atoms with Crippen molar-refractivity contribution in [3.05, 3.63) is 59.7 Å². The predicted molar refractivity (Wildman–Crippen MR) is 89.7 cm³/mol. The molecule has 0 saturated heterocycles. The average Bonchev–Trinajstić information content (AvgIpc) is 2.58. The van der Waals surface area contributed by atoms with Crippen molar-refractivity contribution in [1.82, 2.24) is 0 Å². The molecule has 1 atom stereocenters. The monoisotopic (exact) mass is 360 g/mol. The van der Waals surface area contributed by atoms with Gasteiger partial charge in [-0.25, -0.2) is 9.59 Å². The van der Waals surface area contributed by atoms with E-state index in [1.807, 2.05) is 0 Å². The van der Waals surface area contributed by atoms with Gasteiger partial charge in [0.1, 0.15) is 11.5 Å². The van der Waals surface area contributed by atoms with Gasteiger partial charge in [0.15, 0.2) is 11.5 Å². The van der Waals surface area contributed by atoms with Crippen molar-refractivity contribution in [3.8, 4) is 17.2 Å². The Labute approximate surface area is 147 Å². The molecule has 0 heterocycles. The third-order valence-corrected chi connectivity index (χ3v) is 3.41. The second-order valence-corrected chi connectivity index (χ2v) is 5.37. The summed E-state index contributed by atoms with van der Waals surface area (Å²) in [5, 5.41) is 46.9. The molecule has 0 unspecified atom stereocenters. The molecule has 5 N–H and O–H groups in total. The van der Waals surface area contributed by atoms with E-state index in [0.717, 1.165) is 12.1 Å². The van der Waals surface area contributed by atoms with E-state index in [9.17, 15) is 35.1 Å². The number of carbonyl (C=O) groups is 2. The number of benzene rings is 2. The summed E-state index contributed by atoms with van der Waals surface area (Å²) >= 11 is 0. The van der Waals surface area contributed by atoms with Gasteiger partial charge >= 0.3 is 11.9 Å². The first-order valence-electron chi connectivity index (χ1n) is 7.40. The molecule has 2 aromatic carbocycles. The Balaban J connectivity index is 2.09. The van der Waals surface area contributed by atoms with Crippen LogP contribution in [-0.2, 0) is 20.7 Å². The fourth-order valence-electron chi connectivity index (χ4n) is 2.09. The smallest absolute Gasteiger partial charge is 0.345 e. The molecule has 0 aliphatic carbocycles. The zero-order valence-corrected chi connectivity index (χ0v) is 13.4. The normalized spacial score (nSPS) is 12.4. The number of carboxylic acids is 1. The van der Waals surface area contributed by atoms with Crippen molar-refractivity contribution in [2.75, 3.05) is 0 Å². The van der Waals surface area contributed by atoms with E-state index in [0.29, 0.717) is 5.56 Å². The lowest BCUT2D eigenvalue weighted by atomic mass is 10.1. The summed E-state index contributed by atoms with van der Waals surface area (Å²) in [6.45, 7) is 0. The van der Waals surface area contributed by atoms with Gasteiger partial charge in [0, 0.05) is 12.0 Å². The summed E-state index contributed by atoms with van der Waals surface area (Å²) < 4.78 is 4.83. The summed E-state index contributed by atoms with van der Waals surface area (Å²) in [6.07, 6.45) is -1.09. The molecule has 136 valence electrons. The van der Waals surface area contributed by atoms with Crippen molar-refractivity contribution in [2.24, 2.45) is 0 Å². The molecule has 26 heavy (non-hydrogen) atoms. The van der Waals surface area contributed by atoms with Crippen LogP contribution in [0.25, 0.3) is 5.76 Å². The van der Waals surface area contributed by atoms with Gasteiger partial charge in [0.25, 0.3) is 0 Å². The Hall–Kier alpha value is -3.68. The number of carboxylic acid groups (broad SMARTS) is 1. The molecule has 0 bridgehead atoms. The molecule has 0 aromatic heterocycles. The first kappa shape index (κ1) is 18.7. The highest BCUT2D eigenvalue weighted by Gasteiger charge is 2.23. The number of phenolic OH excluding ortho intramolecular Hbond substituents is 3. The Morgan fingerprint density at radius 2 is 1.62 bits per heavy atom. The van der Waals surface area contributed by atoms with Crippen molar-refractivity contribution < 1.29 is 39.9 Å². The minimum absolute atomic E-state index is 0.0211. The number of aromatic hydroxyl groups is 3. The number of aliphatic hydroxyl groups excluding tert-OH is 1. The summed E-state index contributed by atoms with van der Waals surface area (Å²) in [5.41, 5.74) is 0.558. The number of esters is 1. The molecule has 8 heteroatoms. The summed E-state index contributed by atoms with van der Waals surface area (Å²) in [5.74, 6) is -3.76. The van der Waals surface area contributed by atoms with Crippen LogP contribution in [0.4, 0.5) is 0 Å². The lowest BCUT2D eigenvalue weighted by Gasteiger charge is -2.13. The number of ether oxygens (including phenoxy) is 1. The van der Waals surface area contributed by atoms with E-state index in [4.69, 9.17) is 4.74 Å². The maximum absolute atomic E-state index is 11.9. The molecule has 0 spiro atoms. The molecule has 0 aliphatic heterocycles. The predicted octanol–water partition coefficient (Wildman–Crippen LogP) is 1.94. The number of aliphatic hydroxyl groups is 1. The molecular weight excluding hydrogens is 344 g/mol. The SMILES string of the molecule is O=C(C=C(O)c1ccc(O)cc1)O[C@H](Cc1ccc(O)c(O)c1)C(=O)O. The lowest BCUT2D eigenvalue weighted by Crippen LogP contribution is -2.28. The second kappa shape index (κ2) is 7.93. The standard InChI is InChI=1S/C18H16O8/c19-12-4-2-11(3-5-12)14(21)9-17(23)26-16(18(24)25)8-10-1-6-13(20)15(22)7-10/h1-7,9,16,19-22H,8H2,(H,24,25)/t16-/m1/s1. The maximum Gasteiger partial charge on any atom is 0.345 e. The fraction of sp³-hybridized carbons (Fsp3) is 0.111. The topological polar surface area (TPSA) is 145 Å². The average molecular weight is 360 g/mol. The van der Waals surface area contributed by atoms with Crippen LogP contribution in [0.5, 0.6) is 17.2 Å². The first-order valence-corrected chi connectivity index (χ1v) is 7.40. The molecule has 8 nitrogen and oxygen atoms in total.